The van der Waals surface area contributed by atoms with Gasteiger partial charge in [-0.1, -0.05) is 0 Å². The van der Waals surface area contributed by atoms with Crippen molar-refractivity contribution in [1.29, 1.82) is 0 Å². The molecule has 11 nitrogen and oxygen atoms in total. The third-order valence-electron chi connectivity index (χ3n) is 7.32. The van der Waals surface area contributed by atoms with Gasteiger partial charge in [-0.25, -0.2) is 22.5 Å². The minimum absolute atomic E-state index is 0.0114. The number of halogens is 1. The molecule has 5 heterocycles. The average molecular weight is 597 g/mol. The Morgan fingerprint density at radius 1 is 0.953 bits per heavy atom. The zero-order chi connectivity index (χ0) is 29.7. The quantitative estimate of drug-likeness (QED) is 0.197. The first-order valence-corrected chi connectivity index (χ1v) is 15.4. The molecule has 0 unspecified atom stereocenters. The maximum atomic E-state index is 14.6. The first kappa shape index (κ1) is 26.9. The van der Waals surface area contributed by atoms with E-state index in [1.807, 2.05) is 18.2 Å². The van der Waals surface area contributed by atoms with Crippen LogP contribution in [0.5, 0.6) is 0 Å². The SMILES string of the molecule is CS(=O)(=O)NCc1cc(F)cc(-c2cncc3[nH]c(-c4[nH]nc5ncc(-c6cncc(NC(=O)C7CC7)c6)cc45)cc23)c1. The van der Waals surface area contributed by atoms with Crippen molar-refractivity contribution >= 4 is 43.6 Å². The molecular formula is C30H25FN8O3S. The number of anilines is 1. The number of nitrogens with zero attached hydrogens (tertiary/aromatic N) is 4. The predicted octanol–water partition coefficient (Wildman–Crippen LogP) is 4.77. The summed E-state index contributed by atoms with van der Waals surface area (Å²) in [5.74, 6) is -0.390. The standard InChI is InChI=1S/C30H25FN8O3S/c1-43(41,42)35-10-16-4-18(6-21(31)5-16)25-14-33-15-27-23(25)9-26(37-27)28-24-8-20(12-34-29(24)39-38-28)19-7-22(13-32-11-19)36-30(40)17-2-3-17/h4-9,11-15,17,35,37H,2-3,10H2,1H3,(H,36,40)(H,34,38,39). The second-order valence-electron chi connectivity index (χ2n) is 10.7. The minimum atomic E-state index is -3.44. The molecule has 7 rings (SSSR count). The lowest BCUT2D eigenvalue weighted by Gasteiger charge is -2.08. The van der Waals surface area contributed by atoms with Gasteiger partial charge >= 0.3 is 0 Å². The van der Waals surface area contributed by atoms with E-state index in [9.17, 15) is 17.6 Å². The van der Waals surface area contributed by atoms with Crippen molar-refractivity contribution in [3.63, 3.8) is 0 Å². The molecule has 13 heteroatoms. The van der Waals surface area contributed by atoms with Gasteiger partial charge in [-0.05, 0) is 60.4 Å². The normalized spacial score (nSPS) is 13.5. The van der Waals surface area contributed by atoms with Crippen molar-refractivity contribution in [3.8, 4) is 33.6 Å². The summed E-state index contributed by atoms with van der Waals surface area (Å²) >= 11 is 0. The molecule has 0 spiro atoms. The van der Waals surface area contributed by atoms with E-state index >= 15 is 0 Å². The van der Waals surface area contributed by atoms with E-state index < -0.39 is 15.8 Å². The highest BCUT2D eigenvalue weighted by molar-refractivity contribution is 7.88. The van der Waals surface area contributed by atoms with Crippen LogP contribution in [-0.2, 0) is 21.4 Å². The average Bonchev–Trinajstić information content (AvgIpc) is 3.61. The lowest BCUT2D eigenvalue weighted by atomic mass is 10.0. The number of amides is 1. The van der Waals surface area contributed by atoms with E-state index in [-0.39, 0.29) is 18.4 Å². The van der Waals surface area contributed by atoms with E-state index in [1.54, 1.807) is 37.1 Å². The number of aromatic amines is 2. The second-order valence-corrected chi connectivity index (χ2v) is 12.5. The Morgan fingerprint density at radius 3 is 2.58 bits per heavy atom. The molecule has 1 fully saturated rings. The minimum Gasteiger partial charge on any atom is -0.352 e. The van der Waals surface area contributed by atoms with Gasteiger partial charge in [-0.2, -0.15) is 5.10 Å². The van der Waals surface area contributed by atoms with Crippen molar-refractivity contribution in [2.45, 2.75) is 19.4 Å². The molecule has 1 saturated carbocycles. The Hall–Kier alpha value is -5.01. The maximum Gasteiger partial charge on any atom is 0.227 e. The van der Waals surface area contributed by atoms with Crippen LogP contribution in [0.15, 0.2) is 67.4 Å². The van der Waals surface area contributed by atoms with Crippen LogP contribution in [0.3, 0.4) is 0 Å². The molecule has 43 heavy (non-hydrogen) atoms. The maximum absolute atomic E-state index is 14.6. The Bertz CT molecular complexity index is 2150. The van der Waals surface area contributed by atoms with Crippen LogP contribution in [0.1, 0.15) is 18.4 Å². The van der Waals surface area contributed by atoms with Crippen LogP contribution in [0.2, 0.25) is 0 Å². The van der Waals surface area contributed by atoms with Crippen LogP contribution in [0, 0.1) is 11.7 Å². The van der Waals surface area contributed by atoms with E-state index in [1.165, 1.54) is 12.1 Å². The zero-order valence-electron chi connectivity index (χ0n) is 22.8. The van der Waals surface area contributed by atoms with E-state index in [4.69, 9.17) is 0 Å². The van der Waals surface area contributed by atoms with E-state index in [2.05, 4.69) is 40.2 Å². The number of hydrogen-bond donors (Lipinski definition) is 4. The highest BCUT2D eigenvalue weighted by atomic mass is 32.2. The van der Waals surface area contributed by atoms with Crippen molar-refractivity contribution in [1.82, 2.24) is 34.9 Å². The van der Waals surface area contributed by atoms with Gasteiger partial charge in [0.1, 0.15) is 5.82 Å². The second kappa shape index (κ2) is 10.4. The van der Waals surface area contributed by atoms with Crippen LogP contribution < -0.4 is 10.0 Å². The van der Waals surface area contributed by atoms with E-state index in [0.29, 0.717) is 33.7 Å². The Kier molecular flexibility index (Phi) is 6.47. The number of benzene rings is 1. The highest BCUT2D eigenvalue weighted by Crippen LogP contribution is 2.35. The Balaban J connectivity index is 1.25. The molecule has 6 aromatic rings. The molecule has 1 aromatic carbocycles. The Labute approximate surface area is 245 Å². The molecule has 0 radical (unpaired) electrons. The number of carbonyl (C=O) groups is 1. The van der Waals surface area contributed by atoms with Crippen molar-refractivity contribution in [2.75, 3.05) is 11.6 Å². The van der Waals surface area contributed by atoms with Crippen LogP contribution in [0.4, 0.5) is 10.1 Å². The number of pyridine rings is 3. The van der Waals surface area contributed by atoms with Gasteiger partial charge in [0.25, 0.3) is 0 Å². The number of nitrogens with one attached hydrogen (secondary N) is 4. The molecule has 1 aliphatic carbocycles. The summed E-state index contributed by atoms with van der Waals surface area (Å²) in [6.45, 7) is -0.0355. The summed E-state index contributed by atoms with van der Waals surface area (Å²) in [5, 5.41) is 12.0. The van der Waals surface area contributed by atoms with Crippen molar-refractivity contribution < 1.29 is 17.6 Å². The monoisotopic (exact) mass is 596 g/mol. The summed E-state index contributed by atoms with van der Waals surface area (Å²) in [4.78, 5) is 28.8. The first-order chi connectivity index (χ1) is 20.7. The third kappa shape index (κ3) is 5.59. The lowest BCUT2D eigenvalue weighted by Crippen LogP contribution is -2.21. The van der Waals surface area contributed by atoms with Gasteiger partial charge in [0.05, 0.1) is 41.2 Å². The number of sulfonamides is 1. The van der Waals surface area contributed by atoms with Gasteiger partial charge in [0.2, 0.25) is 15.9 Å². The van der Waals surface area contributed by atoms with Crippen LogP contribution >= 0.6 is 0 Å². The smallest absolute Gasteiger partial charge is 0.227 e. The molecule has 0 bridgehead atoms. The first-order valence-electron chi connectivity index (χ1n) is 13.5. The van der Waals surface area contributed by atoms with E-state index in [0.717, 1.165) is 52.2 Å². The summed E-state index contributed by atoms with van der Waals surface area (Å²) in [6, 6.07) is 10.2. The number of aromatic nitrogens is 6. The van der Waals surface area contributed by atoms with Gasteiger partial charge in [0.15, 0.2) is 5.65 Å². The summed E-state index contributed by atoms with van der Waals surface area (Å²) < 4.78 is 40.1. The van der Waals surface area contributed by atoms with Gasteiger partial charge in [-0.3, -0.25) is 19.9 Å². The summed E-state index contributed by atoms with van der Waals surface area (Å²) in [6.07, 6.45) is 11.3. The fraction of sp³-hybridized carbons (Fsp3) is 0.167. The molecule has 5 aromatic heterocycles. The van der Waals surface area contributed by atoms with Crippen LogP contribution in [0.25, 0.3) is 55.6 Å². The number of rotatable bonds is 8. The van der Waals surface area contributed by atoms with Gasteiger partial charge in [-0.15, -0.1) is 0 Å². The molecule has 4 N–H and O–H groups in total. The predicted molar refractivity (Wildman–Crippen MR) is 161 cm³/mol. The largest absolute Gasteiger partial charge is 0.352 e. The number of H-pyrrole nitrogens is 2. The number of hydrogen-bond acceptors (Lipinski definition) is 7. The van der Waals surface area contributed by atoms with Gasteiger partial charge < -0.3 is 10.3 Å². The fourth-order valence-electron chi connectivity index (χ4n) is 5.06. The highest BCUT2D eigenvalue weighted by Gasteiger charge is 2.29. The zero-order valence-corrected chi connectivity index (χ0v) is 23.7. The van der Waals surface area contributed by atoms with Crippen molar-refractivity contribution in [2.24, 2.45) is 5.92 Å². The Morgan fingerprint density at radius 2 is 1.77 bits per heavy atom. The molecule has 0 atom stereocenters. The number of fused-ring (bicyclic) bond motifs is 2. The molecule has 0 saturated heterocycles. The van der Waals surface area contributed by atoms with Crippen molar-refractivity contribution in [3.05, 3.63) is 78.8 Å². The molecule has 1 amide bonds. The summed E-state index contributed by atoms with van der Waals surface area (Å²) in [7, 11) is -3.44. The third-order valence-corrected chi connectivity index (χ3v) is 7.99. The number of carbonyl (C=O) groups excluding carboxylic acids is 1. The molecule has 1 aliphatic rings. The topological polar surface area (TPSA) is 158 Å². The fourth-order valence-corrected chi connectivity index (χ4v) is 5.49. The molecule has 216 valence electrons. The van der Waals surface area contributed by atoms with Crippen LogP contribution in [-0.4, -0.2) is 50.7 Å². The molecular weight excluding hydrogens is 571 g/mol. The summed E-state index contributed by atoms with van der Waals surface area (Å²) in [5.41, 5.74) is 6.64. The van der Waals surface area contributed by atoms with Gasteiger partial charge in [0, 0.05) is 58.5 Å². The lowest BCUT2D eigenvalue weighted by molar-refractivity contribution is -0.117. The molecule has 0 aliphatic heterocycles.